The molecule has 0 fully saturated rings. The van der Waals surface area contributed by atoms with Crippen molar-refractivity contribution >= 4 is 43.5 Å². The van der Waals surface area contributed by atoms with Gasteiger partial charge in [-0.25, -0.2) is 0 Å². The zero-order valence-electron chi connectivity index (χ0n) is 6.75. The van der Waals surface area contributed by atoms with E-state index in [1.807, 2.05) is 24.3 Å². The van der Waals surface area contributed by atoms with E-state index in [0.29, 0.717) is 0 Å². The Hall–Kier alpha value is 0.430. The lowest BCUT2D eigenvalue weighted by Gasteiger charge is -2.14. The molecule has 1 nitrogen and oxygen atoms in total. The van der Waals surface area contributed by atoms with Crippen LogP contribution in [0.4, 0.5) is 0 Å². The molecule has 1 aromatic rings. The summed E-state index contributed by atoms with van der Waals surface area (Å²) in [6.07, 6.45) is 0. The molecule has 0 aromatic heterocycles. The molecular formula is C9H9Br2ClO. The van der Waals surface area contributed by atoms with Gasteiger partial charge < -0.3 is 5.11 Å². The van der Waals surface area contributed by atoms with E-state index in [2.05, 4.69) is 31.9 Å². The normalized spacial score (nSPS) is 15.4. The summed E-state index contributed by atoms with van der Waals surface area (Å²) >= 11 is 12.6. The summed E-state index contributed by atoms with van der Waals surface area (Å²) in [6, 6.07) is 7.54. The number of hydrogen-bond donors (Lipinski definition) is 1. The van der Waals surface area contributed by atoms with Crippen LogP contribution in [0.15, 0.2) is 24.3 Å². The molecule has 0 unspecified atom stereocenters. The highest BCUT2D eigenvalue weighted by atomic mass is 79.9. The molecule has 0 radical (unpaired) electrons. The predicted octanol–water partition coefficient (Wildman–Crippen LogP) is 3.53. The average Bonchev–Trinajstić information content (AvgIpc) is 2.17. The second kappa shape index (κ2) is 5.35. The van der Waals surface area contributed by atoms with Gasteiger partial charge in [0.25, 0.3) is 0 Å². The van der Waals surface area contributed by atoms with Gasteiger partial charge in [0.1, 0.15) is 0 Å². The smallest absolute Gasteiger partial charge is 0.0570 e. The lowest BCUT2D eigenvalue weighted by molar-refractivity contribution is 0.296. The Kier molecular flexibility index (Phi) is 4.73. The molecule has 0 spiro atoms. The number of benzene rings is 1. The minimum Gasteiger partial charge on any atom is -0.395 e. The molecule has 0 saturated carbocycles. The fourth-order valence-electron chi connectivity index (χ4n) is 0.948. The van der Waals surface area contributed by atoms with E-state index in [-0.39, 0.29) is 16.3 Å². The Morgan fingerprint density at radius 2 is 1.77 bits per heavy atom. The van der Waals surface area contributed by atoms with Crippen molar-refractivity contribution in [2.75, 3.05) is 6.61 Å². The molecule has 0 aliphatic rings. The summed E-state index contributed by atoms with van der Waals surface area (Å²) in [6.45, 7) is 0.0958. The van der Waals surface area contributed by atoms with Gasteiger partial charge in [0.15, 0.2) is 0 Å². The highest BCUT2D eigenvalue weighted by Gasteiger charge is 2.16. The van der Waals surface area contributed by atoms with E-state index in [9.17, 15) is 0 Å². The number of hydrogen-bond acceptors (Lipinski definition) is 1. The highest BCUT2D eigenvalue weighted by molar-refractivity contribution is 9.12. The van der Waals surface area contributed by atoms with Crippen LogP contribution in [-0.2, 0) is 0 Å². The Bertz CT molecular complexity index is 263. The van der Waals surface area contributed by atoms with Crippen molar-refractivity contribution in [3.05, 3.63) is 34.9 Å². The quantitative estimate of drug-likeness (QED) is 0.842. The maximum Gasteiger partial charge on any atom is 0.0570 e. The topological polar surface area (TPSA) is 20.2 Å². The van der Waals surface area contributed by atoms with Gasteiger partial charge in [0.2, 0.25) is 0 Å². The Balaban J connectivity index is 2.77. The molecule has 1 rings (SSSR count). The van der Waals surface area contributed by atoms with E-state index in [1.54, 1.807) is 0 Å². The lowest BCUT2D eigenvalue weighted by Crippen LogP contribution is -2.10. The number of halogens is 3. The third kappa shape index (κ3) is 3.24. The number of alkyl halides is 2. The standard InChI is InChI=1S/C9H9Br2ClO/c10-8(5-13)9(11)6-1-3-7(12)4-2-6/h1-4,8-9,13H,5H2/t8-,9+/m0/s1. The number of aliphatic hydroxyl groups is 1. The summed E-state index contributed by atoms with van der Waals surface area (Å²) in [7, 11) is 0. The van der Waals surface area contributed by atoms with Gasteiger partial charge in [-0.2, -0.15) is 0 Å². The van der Waals surface area contributed by atoms with Crippen molar-refractivity contribution in [3.63, 3.8) is 0 Å². The van der Waals surface area contributed by atoms with Gasteiger partial charge in [0, 0.05) is 5.02 Å². The van der Waals surface area contributed by atoms with Crippen molar-refractivity contribution in [3.8, 4) is 0 Å². The maximum absolute atomic E-state index is 8.92. The fourth-order valence-corrected chi connectivity index (χ4v) is 1.85. The largest absolute Gasteiger partial charge is 0.395 e. The van der Waals surface area contributed by atoms with Crippen LogP contribution < -0.4 is 0 Å². The fraction of sp³-hybridized carbons (Fsp3) is 0.333. The Labute approximate surface area is 99.4 Å². The van der Waals surface area contributed by atoms with Crippen LogP contribution in [0.3, 0.4) is 0 Å². The molecule has 0 saturated heterocycles. The average molecular weight is 328 g/mol. The molecule has 72 valence electrons. The van der Waals surface area contributed by atoms with Gasteiger partial charge in [-0.3, -0.25) is 0 Å². The van der Waals surface area contributed by atoms with E-state index in [0.717, 1.165) is 10.6 Å². The first-order valence-electron chi connectivity index (χ1n) is 3.79. The second-order valence-electron chi connectivity index (χ2n) is 2.65. The monoisotopic (exact) mass is 326 g/mol. The predicted molar refractivity (Wildman–Crippen MR) is 62.9 cm³/mol. The molecule has 2 atom stereocenters. The van der Waals surface area contributed by atoms with E-state index < -0.39 is 0 Å². The number of rotatable bonds is 3. The van der Waals surface area contributed by atoms with Crippen LogP contribution in [-0.4, -0.2) is 16.5 Å². The van der Waals surface area contributed by atoms with Crippen molar-refractivity contribution in [1.82, 2.24) is 0 Å². The Morgan fingerprint density at radius 3 is 2.23 bits per heavy atom. The van der Waals surface area contributed by atoms with E-state index in [1.165, 1.54) is 0 Å². The van der Waals surface area contributed by atoms with Gasteiger partial charge in [0.05, 0.1) is 16.3 Å². The van der Waals surface area contributed by atoms with Crippen LogP contribution in [0.5, 0.6) is 0 Å². The van der Waals surface area contributed by atoms with Crippen LogP contribution in [0, 0.1) is 0 Å². The van der Waals surface area contributed by atoms with Crippen LogP contribution in [0.1, 0.15) is 10.4 Å². The SMILES string of the molecule is OC[C@H](Br)[C@H](Br)c1ccc(Cl)cc1. The van der Waals surface area contributed by atoms with Crippen molar-refractivity contribution in [2.45, 2.75) is 9.65 Å². The molecule has 1 N–H and O–H groups in total. The molecular weight excluding hydrogens is 319 g/mol. The first-order chi connectivity index (χ1) is 6.15. The highest BCUT2D eigenvalue weighted by Crippen LogP contribution is 2.31. The lowest BCUT2D eigenvalue weighted by atomic mass is 10.1. The summed E-state index contributed by atoms with van der Waals surface area (Å²) in [5, 5.41) is 9.64. The van der Waals surface area contributed by atoms with Gasteiger partial charge in [-0.15, -0.1) is 0 Å². The summed E-state index contributed by atoms with van der Waals surface area (Å²) in [5.41, 5.74) is 1.10. The molecule has 0 bridgehead atoms. The van der Waals surface area contributed by atoms with Gasteiger partial charge in [-0.1, -0.05) is 55.6 Å². The van der Waals surface area contributed by atoms with E-state index >= 15 is 0 Å². The van der Waals surface area contributed by atoms with Crippen LogP contribution in [0.2, 0.25) is 5.02 Å². The van der Waals surface area contributed by atoms with Crippen molar-refractivity contribution in [1.29, 1.82) is 0 Å². The third-order valence-electron chi connectivity index (χ3n) is 1.68. The second-order valence-corrected chi connectivity index (χ2v) is 5.25. The molecule has 0 amide bonds. The first-order valence-corrected chi connectivity index (χ1v) is 6.00. The van der Waals surface area contributed by atoms with Gasteiger partial charge >= 0.3 is 0 Å². The minimum atomic E-state index is 0.0219. The van der Waals surface area contributed by atoms with Crippen LogP contribution >= 0.6 is 43.5 Å². The molecule has 0 aliphatic heterocycles. The summed E-state index contributed by atoms with van der Waals surface area (Å²) < 4.78 is 0. The van der Waals surface area contributed by atoms with Gasteiger partial charge in [-0.05, 0) is 17.7 Å². The molecule has 0 heterocycles. The molecule has 1 aromatic carbocycles. The van der Waals surface area contributed by atoms with Crippen LogP contribution in [0.25, 0.3) is 0 Å². The summed E-state index contributed by atoms with van der Waals surface area (Å²) in [4.78, 5) is 0.128. The van der Waals surface area contributed by atoms with Crippen molar-refractivity contribution in [2.24, 2.45) is 0 Å². The third-order valence-corrected chi connectivity index (χ3v) is 4.63. The summed E-state index contributed by atoms with van der Waals surface area (Å²) in [5.74, 6) is 0. The maximum atomic E-state index is 8.92. The molecule has 0 aliphatic carbocycles. The van der Waals surface area contributed by atoms with Crippen molar-refractivity contribution < 1.29 is 5.11 Å². The molecule has 4 heteroatoms. The number of aliphatic hydroxyl groups excluding tert-OH is 1. The van der Waals surface area contributed by atoms with E-state index in [4.69, 9.17) is 16.7 Å². The molecule has 13 heavy (non-hydrogen) atoms. The Morgan fingerprint density at radius 1 is 1.23 bits per heavy atom. The first kappa shape index (κ1) is 11.5. The zero-order valence-corrected chi connectivity index (χ0v) is 10.7. The minimum absolute atomic E-state index is 0.0219. The zero-order chi connectivity index (χ0) is 9.84.